The summed E-state index contributed by atoms with van der Waals surface area (Å²) in [5.74, 6) is 1.37. The molecule has 3 heterocycles. The van der Waals surface area contributed by atoms with Crippen molar-refractivity contribution in [1.29, 1.82) is 0 Å². The Hall–Kier alpha value is -2.41. The quantitative estimate of drug-likeness (QED) is 0.919. The largest absolute Gasteiger partial charge is 0.370 e. The Morgan fingerprint density at radius 1 is 1.27 bits per heavy atom. The van der Waals surface area contributed by atoms with Gasteiger partial charge in [-0.2, -0.15) is 4.98 Å². The van der Waals surface area contributed by atoms with Crippen LogP contribution in [0.4, 0.5) is 10.7 Å². The van der Waals surface area contributed by atoms with Crippen molar-refractivity contribution in [3.63, 3.8) is 0 Å². The summed E-state index contributed by atoms with van der Waals surface area (Å²) < 4.78 is 7.78. The first-order valence-electron chi connectivity index (χ1n) is 9.43. The number of carbonyl (C=O) groups is 1. The topological polar surface area (TPSA) is 72.3 Å². The van der Waals surface area contributed by atoms with Crippen LogP contribution in [0.15, 0.2) is 24.3 Å². The fourth-order valence-corrected chi connectivity index (χ4v) is 3.51. The van der Waals surface area contributed by atoms with Crippen LogP contribution in [-0.2, 0) is 24.1 Å². The van der Waals surface area contributed by atoms with Gasteiger partial charge in [0, 0.05) is 19.5 Å². The van der Waals surface area contributed by atoms with Gasteiger partial charge < -0.3 is 9.64 Å². The number of aryl methyl sites for hydroxylation is 3. The molecule has 0 unspecified atom stereocenters. The van der Waals surface area contributed by atoms with Gasteiger partial charge >= 0.3 is 6.03 Å². The molecule has 1 atom stereocenters. The van der Waals surface area contributed by atoms with Crippen LogP contribution < -0.4 is 5.32 Å². The lowest BCUT2D eigenvalue weighted by molar-refractivity contribution is -0.0135. The Labute approximate surface area is 153 Å². The molecule has 26 heavy (non-hydrogen) atoms. The summed E-state index contributed by atoms with van der Waals surface area (Å²) in [6.45, 7) is 4.65. The van der Waals surface area contributed by atoms with E-state index in [1.165, 1.54) is 5.56 Å². The predicted octanol–water partition coefficient (Wildman–Crippen LogP) is 2.78. The molecule has 2 aromatic rings. The van der Waals surface area contributed by atoms with Crippen molar-refractivity contribution in [2.45, 2.75) is 45.3 Å². The molecule has 1 aromatic heterocycles. The average molecular weight is 355 g/mol. The molecule has 7 heteroatoms. The van der Waals surface area contributed by atoms with Crippen molar-refractivity contribution in [1.82, 2.24) is 19.7 Å². The number of rotatable bonds is 3. The number of hydrogen-bond acceptors (Lipinski definition) is 4. The van der Waals surface area contributed by atoms with Crippen LogP contribution in [0.25, 0.3) is 0 Å². The van der Waals surface area contributed by atoms with Gasteiger partial charge in [-0.1, -0.05) is 31.2 Å². The second-order valence-corrected chi connectivity index (χ2v) is 6.86. The highest BCUT2D eigenvalue weighted by Gasteiger charge is 2.26. The van der Waals surface area contributed by atoms with Crippen LogP contribution in [0.3, 0.4) is 0 Å². The first-order valence-corrected chi connectivity index (χ1v) is 9.43. The molecular formula is C19H25N5O2. The van der Waals surface area contributed by atoms with Crippen LogP contribution >= 0.6 is 0 Å². The van der Waals surface area contributed by atoms with Crippen LogP contribution in [0.2, 0.25) is 0 Å². The van der Waals surface area contributed by atoms with Gasteiger partial charge in [-0.15, -0.1) is 5.10 Å². The lowest BCUT2D eigenvalue weighted by Gasteiger charge is -2.33. The highest BCUT2D eigenvalue weighted by atomic mass is 16.5. The third kappa shape index (κ3) is 3.58. The number of nitrogens with one attached hydrogen (secondary N) is 1. The van der Waals surface area contributed by atoms with E-state index >= 15 is 0 Å². The van der Waals surface area contributed by atoms with Gasteiger partial charge in [0.15, 0.2) is 0 Å². The van der Waals surface area contributed by atoms with Crippen molar-refractivity contribution >= 4 is 12.0 Å². The van der Waals surface area contributed by atoms with Crippen molar-refractivity contribution in [2.24, 2.45) is 0 Å². The highest BCUT2D eigenvalue weighted by molar-refractivity contribution is 5.87. The fraction of sp³-hybridized carbons (Fsp3) is 0.526. The van der Waals surface area contributed by atoms with Crippen molar-refractivity contribution < 1.29 is 9.53 Å². The molecule has 4 rings (SSSR count). The van der Waals surface area contributed by atoms with Crippen molar-refractivity contribution in [3.8, 4) is 0 Å². The Morgan fingerprint density at radius 2 is 2.12 bits per heavy atom. The fourth-order valence-electron chi connectivity index (χ4n) is 3.51. The van der Waals surface area contributed by atoms with Crippen molar-refractivity contribution in [2.75, 3.05) is 25.0 Å². The molecule has 1 aromatic carbocycles. The number of ether oxygens (including phenoxy) is 1. The monoisotopic (exact) mass is 355 g/mol. The van der Waals surface area contributed by atoms with Gasteiger partial charge in [0.25, 0.3) is 0 Å². The predicted molar refractivity (Wildman–Crippen MR) is 98.1 cm³/mol. The Balaban J connectivity index is 1.40. The molecule has 0 bridgehead atoms. The molecule has 2 amide bonds. The molecule has 1 fully saturated rings. The van der Waals surface area contributed by atoms with E-state index in [1.54, 1.807) is 4.90 Å². The molecule has 0 spiro atoms. The minimum Gasteiger partial charge on any atom is -0.370 e. The first-order chi connectivity index (χ1) is 12.7. The Kier molecular flexibility index (Phi) is 4.88. The number of amides is 2. The maximum Gasteiger partial charge on any atom is 0.324 e. The van der Waals surface area contributed by atoms with Gasteiger partial charge in [0.1, 0.15) is 11.9 Å². The zero-order valence-electron chi connectivity index (χ0n) is 15.1. The number of carbonyl (C=O) groups excluding carboxylic acids is 1. The number of hydrogen-bond donors (Lipinski definition) is 1. The summed E-state index contributed by atoms with van der Waals surface area (Å²) in [7, 11) is 0. The van der Waals surface area contributed by atoms with Crippen LogP contribution in [0.1, 0.15) is 42.8 Å². The standard InChI is InChI=1S/C19H25N5O2/c1-2-14-6-8-15(9-7-14)16-13-23(11-12-26-16)19(25)21-18-20-17-5-3-4-10-24(17)22-18/h6-9,16H,2-5,10-13H2,1H3,(H,21,22,25)/t16-/m1/s1. The minimum atomic E-state index is -0.161. The number of urea groups is 1. The summed E-state index contributed by atoms with van der Waals surface area (Å²) in [6.07, 6.45) is 4.10. The maximum absolute atomic E-state index is 12.6. The lowest BCUT2D eigenvalue weighted by atomic mass is 10.0. The van der Waals surface area contributed by atoms with Gasteiger partial charge in [-0.05, 0) is 30.4 Å². The van der Waals surface area contributed by atoms with E-state index in [0.29, 0.717) is 25.6 Å². The molecule has 138 valence electrons. The van der Waals surface area contributed by atoms with E-state index < -0.39 is 0 Å². The molecule has 1 saturated heterocycles. The number of fused-ring (bicyclic) bond motifs is 1. The Bertz CT molecular complexity index is 747. The van der Waals surface area contributed by atoms with Gasteiger partial charge in [0.2, 0.25) is 5.95 Å². The lowest BCUT2D eigenvalue weighted by Crippen LogP contribution is -2.44. The van der Waals surface area contributed by atoms with Crippen LogP contribution in [0.5, 0.6) is 0 Å². The normalized spacial score (nSPS) is 19.9. The third-order valence-electron chi connectivity index (χ3n) is 5.10. The van der Waals surface area contributed by atoms with E-state index in [1.807, 2.05) is 4.68 Å². The molecular weight excluding hydrogens is 330 g/mol. The summed E-state index contributed by atoms with van der Waals surface area (Å²) >= 11 is 0. The third-order valence-corrected chi connectivity index (χ3v) is 5.10. The van der Waals surface area contributed by atoms with E-state index in [9.17, 15) is 4.79 Å². The average Bonchev–Trinajstić information content (AvgIpc) is 3.10. The molecule has 0 radical (unpaired) electrons. The van der Waals surface area contributed by atoms with Crippen LogP contribution in [0, 0.1) is 0 Å². The van der Waals surface area contributed by atoms with E-state index in [4.69, 9.17) is 4.74 Å². The summed E-state index contributed by atoms with van der Waals surface area (Å²) in [6, 6.07) is 8.27. The van der Waals surface area contributed by atoms with E-state index in [0.717, 1.165) is 43.6 Å². The molecule has 1 N–H and O–H groups in total. The SMILES string of the molecule is CCc1ccc([C@H]2CN(C(=O)Nc3nc4n(n3)CCCC4)CCO2)cc1. The summed E-state index contributed by atoms with van der Waals surface area (Å²) in [5.41, 5.74) is 2.41. The summed E-state index contributed by atoms with van der Waals surface area (Å²) in [4.78, 5) is 18.9. The zero-order valence-corrected chi connectivity index (χ0v) is 15.1. The van der Waals surface area contributed by atoms with Crippen molar-refractivity contribution in [3.05, 3.63) is 41.2 Å². The molecule has 2 aliphatic heterocycles. The number of nitrogens with zero attached hydrogens (tertiary/aromatic N) is 4. The number of anilines is 1. The van der Waals surface area contributed by atoms with E-state index in [2.05, 4.69) is 46.6 Å². The number of morpholine rings is 1. The second-order valence-electron chi connectivity index (χ2n) is 6.86. The van der Waals surface area contributed by atoms with E-state index in [-0.39, 0.29) is 12.1 Å². The number of benzene rings is 1. The maximum atomic E-state index is 12.6. The molecule has 2 aliphatic rings. The zero-order chi connectivity index (χ0) is 17.9. The molecule has 0 saturated carbocycles. The van der Waals surface area contributed by atoms with Gasteiger partial charge in [-0.3, -0.25) is 5.32 Å². The smallest absolute Gasteiger partial charge is 0.324 e. The van der Waals surface area contributed by atoms with Crippen LogP contribution in [-0.4, -0.2) is 45.4 Å². The minimum absolute atomic E-state index is 0.0939. The number of aromatic nitrogens is 3. The van der Waals surface area contributed by atoms with Gasteiger partial charge in [0.05, 0.1) is 13.2 Å². The molecule has 7 nitrogen and oxygen atoms in total. The van der Waals surface area contributed by atoms with Gasteiger partial charge in [-0.25, -0.2) is 9.48 Å². The second kappa shape index (κ2) is 7.45. The summed E-state index contributed by atoms with van der Waals surface area (Å²) in [5, 5.41) is 7.25. The highest BCUT2D eigenvalue weighted by Crippen LogP contribution is 2.23. The molecule has 0 aliphatic carbocycles. The first kappa shape index (κ1) is 17.0. The Morgan fingerprint density at radius 3 is 2.88 bits per heavy atom.